The number of aryl methyl sites for hydroxylation is 2. The number of hydrogen-bond donors (Lipinski definition) is 1. The van der Waals surface area contributed by atoms with Gasteiger partial charge < -0.3 is 0 Å². The molecule has 0 spiro atoms. The number of ketones is 1. The number of benzene rings is 2. The SMILES string of the molecule is CC(=O)c1ccc(NS(=O)(=O)c2c(C)nn(-c3ccc(-c4ccc(C)cc4)nn3)c2C)cc1. The van der Waals surface area contributed by atoms with Gasteiger partial charge in [0.05, 0.1) is 17.1 Å². The Morgan fingerprint density at radius 2 is 1.55 bits per heavy atom. The Labute approximate surface area is 192 Å². The summed E-state index contributed by atoms with van der Waals surface area (Å²) in [5.41, 5.74) is 4.42. The standard InChI is InChI=1S/C24H23N5O3S/c1-15-5-7-20(8-6-15)22-13-14-23(26-25-22)29-17(3)24(16(2)27-29)33(31,32)28-21-11-9-19(10-12-21)18(4)30/h5-14,28H,1-4H3. The zero-order valence-electron chi connectivity index (χ0n) is 18.7. The minimum Gasteiger partial charge on any atom is -0.295 e. The van der Waals surface area contributed by atoms with Crippen LogP contribution in [0.3, 0.4) is 0 Å². The van der Waals surface area contributed by atoms with Crippen molar-refractivity contribution in [1.82, 2.24) is 20.0 Å². The smallest absolute Gasteiger partial charge is 0.265 e. The molecule has 8 nitrogen and oxygen atoms in total. The van der Waals surface area contributed by atoms with E-state index in [4.69, 9.17) is 0 Å². The van der Waals surface area contributed by atoms with Gasteiger partial charge in [0.2, 0.25) is 0 Å². The van der Waals surface area contributed by atoms with Crippen LogP contribution in [-0.2, 0) is 10.0 Å². The van der Waals surface area contributed by atoms with Gasteiger partial charge in [-0.1, -0.05) is 29.8 Å². The number of hydrogen-bond acceptors (Lipinski definition) is 6. The molecule has 2 aromatic carbocycles. The summed E-state index contributed by atoms with van der Waals surface area (Å²) in [5, 5.41) is 12.9. The molecule has 0 saturated heterocycles. The first-order chi connectivity index (χ1) is 15.7. The van der Waals surface area contributed by atoms with Crippen molar-refractivity contribution in [2.75, 3.05) is 4.72 Å². The average Bonchev–Trinajstić information content (AvgIpc) is 3.09. The van der Waals surface area contributed by atoms with Gasteiger partial charge in [-0.15, -0.1) is 10.2 Å². The van der Waals surface area contributed by atoms with Crippen molar-refractivity contribution < 1.29 is 13.2 Å². The highest BCUT2D eigenvalue weighted by atomic mass is 32.2. The lowest BCUT2D eigenvalue weighted by Gasteiger charge is -2.09. The van der Waals surface area contributed by atoms with Crippen LogP contribution in [0.5, 0.6) is 0 Å². The van der Waals surface area contributed by atoms with Crippen LogP contribution in [-0.4, -0.2) is 34.2 Å². The topological polar surface area (TPSA) is 107 Å². The van der Waals surface area contributed by atoms with Crippen molar-refractivity contribution in [2.24, 2.45) is 0 Å². The van der Waals surface area contributed by atoms with Crippen molar-refractivity contribution in [3.8, 4) is 17.1 Å². The van der Waals surface area contributed by atoms with Crippen molar-refractivity contribution >= 4 is 21.5 Å². The average molecular weight is 462 g/mol. The van der Waals surface area contributed by atoms with Crippen LogP contribution in [0.1, 0.15) is 34.2 Å². The molecule has 0 aliphatic rings. The van der Waals surface area contributed by atoms with E-state index >= 15 is 0 Å². The highest BCUT2D eigenvalue weighted by Crippen LogP contribution is 2.25. The fraction of sp³-hybridized carbons (Fsp3) is 0.167. The lowest BCUT2D eigenvalue weighted by Crippen LogP contribution is -2.15. The van der Waals surface area contributed by atoms with Gasteiger partial charge in [0.25, 0.3) is 10.0 Å². The van der Waals surface area contributed by atoms with E-state index in [1.165, 1.54) is 11.6 Å². The Bertz CT molecular complexity index is 1420. The summed E-state index contributed by atoms with van der Waals surface area (Å²) in [6.07, 6.45) is 0. The van der Waals surface area contributed by atoms with E-state index in [1.54, 1.807) is 44.2 Å². The zero-order valence-corrected chi connectivity index (χ0v) is 19.5. The first kappa shape index (κ1) is 22.3. The molecule has 0 fully saturated rings. The van der Waals surface area contributed by atoms with E-state index in [-0.39, 0.29) is 10.7 Å². The number of aromatic nitrogens is 4. The first-order valence-electron chi connectivity index (χ1n) is 10.3. The second kappa shape index (κ2) is 8.59. The Balaban J connectivity index is 1.63. The van der Waals surface area contributed by atoms with E-state index in [0.29, 0.717) is 34.2 Å². The van der Waals surface area contributed by atoms with Gasteiger partial charge in [0.1, 0.15) is 4.90 Å². The molecule has 168 valence electrons. The number of nitrogens with one attached hydrogen (secondary N) is 1. The molecule has 2 heterocycles. The molecule has 0 atom stereocenters. The van der Waals surface area contributed by atoms with E-state index in [0.717, 1.165) is 11.1 Å². The number of carbonyl (C=O) groups excluding carboxylic acids is 1. The Morgan fingerprint density at radius 3 is 2.12 bits per heavy atom. The van der Waals surface area contributed by atoms with Crippen LogP contribution in [0, 0.1) is 20.8 Å². The van der Waals surface area contributed by atoms with Crippen LogP contribution in [0.15, 0.2) is 65.6 Å². The molecule has 1 N–H and O–H groups in total. The van der Waals surface area contributed by atoms with Gasteiger partial charge in [0.15, 0.2) is 11.6 Å². The molecule has 4 rings (SSSR count). The van der Waals surface area contributed by atoms with Gasteiger partial charge in [0, 0.05) is 16.8 Å². The van der Waals surface area contributed by atoms with E-state index in [9.17, 15) is 13.2 Å². The molecule has 0 unspecified atom stereocenters. The minimum absolute atomic E-state index is 0.0718. The molecule has 9 heteroatoms. The Hall–Kier alpha value is -3.85. The minimum atomic E-state index is -3.92. The van der Waals surface area contributed by atoms with Crippen LogP contribution in [0.25, 0.3) is 17.1 Å². The van der Waals surface area contributed by atoms with Gasteiger partial charge in [-0.25, -0.2) is 13.1 Å². The van der Waals surface area contributed by atoms with E-state index in [2.05, 4.69) is 20.0 Å². The molecular formula is C24H23N5O3S. The maximum absolute atomic E-state index is 13.1. The number of rotatable bonds is 6. The fourth-order valence-corrected chi connectivity index (χ4v) is 4.99. The van der Waals surface area contributed by atoms with Gasteiger partial charge in [-0.3, -0.25) is 9.52 Å². The summed E-state index contributed by atoms with van der Waals surface area (Å²) in [6.45, 7) is 6.77. The predicted octanol–water partition coefficient (Wildman–Crippen LogP) is 4.26. The normalized spacial score (nSPS) is 11.4. The van der Waals surface area contributed by atoms with Crippen molar-refractivity contribution in [1.29, 1.82) is 0 Å². The molecule has 4 aromatic rings. The number of sulfonamides is 1. The van der Waals surface area contributed by atoms with Crippen LogP contribution in [0.4, 0.5) is 5.69 Å². The number of Topliss-reactive ketones (excluding diaryl/α,β-unsaturated/α-hetero) is 1. The lowest BCUT2D eigenvalue weighted by molar-refractivity contribution is 0.101. The summed E-state index contributed by atoms with van der Waals surface area (Å²) in [5.74, 6) is 0.325. The summed E-state index contributed by atoms with van der Waals surface area (Å²) >= 11 is 0. The number of anilines is 1. The molecular weight excluding hydrogens is 438 g/mol. The summed E-state index contributed by atoms with van der Waals surface area (Å²) in [4.78, 5) is 11.5. The molecule has 0 aliphatic carbocycles. The third kappa shape index (κ3) is 4.54. The largest absolute Gasteiger partial charge is 0.295 e. The number of nitrogens with zero attached hydrogens (tertiary/aromatic N) is 4. The molecule has 0 saturated carbocycles. The summed E-state index contributed by atoms with van der Waals surface area (Å²) in [7, 11) is -3.92. The van der Waals surface area contributed by atoms with Crippen molar-refractivity contribution in [3.05, 3.63) is 83.2 Å². The monoisotopic (exact) mass is 461 g/mol. The summed E-state index contributed by atoms with van der Waals surface area (Å²) in [6, 6.07) is 17.8. The molecule has 0 bridgehead atoms. The van der Waals surface area contributed by atoms with Gasteiger partial charge in [-0.05, 0) is 64.1 Å². The third-order valence-corrected chi connectivity index (χ3v) is 6.88. The van der Waals surface area contributed by atoms with Crippen molar-refractivity contribution in [2.45, 2.75) is 32.6 Å². The van der Waals surface area contributed by atoms with Gasteiger partial charge in [-0.2, -0.15) is 5.10 Å². The zero-order chi connectivity index (χ0) is 23.8. The second-order valence-electron chi connectivity index (χ2n) is 7.79. The third-order valence-electron chi connectivity index (χ3n) is 5.25. The van der Waals surface area contributed by atoms with Crippen LogP contribution in [0.2, 0.25) is 0 Å². The summed E-state index contributed by atoms with van der Waals surface area (Å²) < 4.78 is 30.2. The molecule has 33 heavy (non-hydrogen) atoms. The van der Waals surface area contributed by atoms with Crippen molar-refractivity contribution in [3.63, 3.8) is 0 Å². The Morgan fingerprint density at radius 1 is 0.879 bits per heavy atom. The highest BCUT2D eigenvalue weighted by Gasteiger charge is 2.26. The van der Waals surface area contributed by atoms with Gasteiger partial charge >= 0.3 is 0 Å². The molecule has 0 aliphatic heterocycles. The second-order valence-corrected chi connectivity index (χ2v) is 9.41. The van der Waals surface area contributed by atoms with Crippen LogP contribution < -0.4 is 4.72 Å². The highest BCUT2D eigenvalue weighted by molar-refractivity contribution is 7.92. The quantitative estimate of drug-likeness (QED) is 0.430. The lowest BCUT2D eigenvalue weighted by atomic mass is 10.1. The Kier molecular flexibility index (Phi) is 5.82. The molecule has 2 aromatic heterocycles. The van der Waals surface area contributed by atoms with Crippen LogP contribution >= 0.6 is 0 Å². The van der Waals surface area contributed by atoms with E-state index in [1.807, 2.05) is 37.3 Å². The van der Waals surface area contributed by atoms with E-state index < -0.39 is 10.0 Å². The predicted molar refractivity (Wildman–Crippen MR) is 126 cm³/mol. The maximum atomic E-state index is 13.1. The maximum Gasteiger partial charge on any atom is 0.265 e. The number of carbonyl (C=O) groups is 1. The first-order valence-corrected chi connectivity index (χ1v) is 11.8. The molecule has 0 amide bonds. The fourth-order valence-electron chi connectivity index (χ4n) is 3.54. The molecule has 0 radical (unpaired) electrons.